The Morgan fingerprint density at radius 1 is 1.41 bits per heavy atom. The van der Waals surface area contributed by atoms with E-state index in [0.717, 1.165) is 19.3 Å². The Bertz CT molecular complexity index is 293. The zero-order chi connectivity index (χ0) is 12.9. The number of aliphatic hydroxyl groups is 1. The first-order valence-corrected chi connectivity index (χ1v) is 6.18. The molecule has 2 atom stereocenters. The van der Waals surface area contributed by atoms with E-state index in [1.54, 1.807) is 6.92 Å². The lowest BCUT2D eigenvalue weighted by Gasteiger charge is -2.30. The van der Waals surface area contributed by atoms with Crippen LogP contribution in [0.2, 0.25) is 0 Å². The van der Waals surface area contributed by atoms with Crippen molar-refractivity contribution >= 4 is 11.8 Å². The summed E-state index contributed by atoms with van der Waals surface area (Å²) in [7, 11) is 0. The van der Waals surface area contributed by atoms with E-state index in [4.69, 9.17) is 0 Å². The molecule has 3 N–H and O–H groups in total. The summed E-state index contributed by atoms with van der Waals surface area (Å²) in [4.78, 5) is 22.6. The van der Waals surface area contributed by atoms with E-state index in [1.165, 1.54) is 0 Å². The van der Waals surface area contributed by atoms with Crippen LogP contribution in [0.4, 0.5) is 0 Å². The molecule has 17 heavy (non-hydrogen) atoms. The van der Waals surface area contributed by atoms with Gasteiger partial charge < -0.3 is 15.7 Å². The molecule has 1 aliphatic carbocycles. The summed E-state index contributed by atoms with van der Waals surface area (Å²) in [5.41, 5.74) is -0.218. The Hall–Kier alpha value is -1.10. The van der Waals surface area contributed by atoms with Crippen LogP contribution in [0.25, 0.3) is 0 Å². The summed E-state index contributed by atoms with van der Waals surface area (Å²) in [5, 5.41) is 14.8. The number of hydrogen-bond donors (Lipinski definition) is 3. The maximum Gasteiger partial charge on any atom is 0.239 e. The Kier molecular flexibility index (Phi) is 4.93. The van der Waals surface area contributed by atoms with Gasteiger partial charge in [0.05, 0.1) is 13.2 Å². The molecule has 1 rings (SSSR count). The van der Waals surface area contributed by atoms with E-state index in [-0.39, 0.29) is 36.4 Å². The van der Waals surface area contributed by atoms with E-state index in [1.807, 2.05) is 6.92 Å². The lowest BCUT2D eigenvalue weighted by Crippen LogP contribution is -2.48. The predicted octanol–water partition coefficient (Wildman–Crippen LogP) is 0.180. The van der Waals surface area contributed by atoms with Crippen LogP contribution in [0.1, 0.15) is 39.5 Å². The van der Waals surface area contributed by atoms with Gasteiger partial charge in [0.25, 0.3) is 0 Å². The first kappa shape index (κ1) is 14.0. The van der Waals surface area contributed by atoms with E-state index in [9.17, 15) is 14.7 Å². The van der Waals surface area contributed by atoms with Gasteiger partial charge in [-0.2, -0.15) is 0 Å². The maximum absolute atomic E-state index is 11.6. The number of carbonyl (C=O) groups excluding carboxylic acids is 2. The van der Waals surface area contributed by atoms with Crippen LogP contribution < -0.4 is 10.6 Å². The molecule has 0 heterocycles. The lowest BCUT2D eigenvalue weighted by atomic mass is 9.86. The number of carbonyl (C=O) groups is 2. The number of nitrogens with one attached hydrogen (secondary N) is 2. The van der Waals surface area contributed by atoms with Crippen molar-refractivity contribution in [2.24, 2.45) is 5.41 Å². The molecule has 0 aromatic heterocycles. The van der Waals surface area contributed by atoms with Crippen LogP contribution in [0.3, 0.4) is 0 Å². The molecule has 1 saturated carbocycles. The van der Waals surface area contributed by atoms with Crippen molar-refractivity contribution in [2.45, 2.75) is 45.6 Å². The van der Waals surface area contributed by atoms with Crippen molar-refractivity contribution in [1.82, 2.24) is 10.6 Å². The molecule has 2 amide bonds. The molecule has 98 valence electrons. The molecule has 5 nitrogen and oxygen atoms in total. The summed E-state index contributed by atoms with van der Waals surface area (Å²) in [6.45, 7) is 3.83. The second-order valence-corrected chi connectivity index (χ2v) is 4.95. The summed E-state index contributed by atoms with van der Waals surface area (Å²) < 4.78 is 0. The molecule has 0 aliphatic heterocycles. The average Bonchev–Trinajstić information content (AvgIpc) is 2.68. The van der Waals surface area contributed by atoms with E-state index in [2.05, 4.69) is 10.6 Å². The minimum absolute atomic E-state index is 0.0125. The lowest BCUT2D eigenvalue weighted by molar-refractivity contribution is -0.126. The summed E-state index contributed by atoms with van der Waals surface area (Å²) in [6.07, 6.45) is 3.22. The van der Waals surface area contributed by atoms with Crippen molar-refractivity contribution < 1.29 is 14.7 Å². The van der Waals surface area contributed by atoms with Crippen molar-refractivity contribution in [3.05, 3.63) is 0 Å². The minimum Gasteiger partial charge on any atom is -0.396 e. The fourth-order valence-corrected chi connectivity index (χ4v) is 2.22. The van der Waals surface area contributed by atoms with Gasteiger partial charge in [0, 0.05) is 17.9 Å². The molecule has 0 aromatic rings. The topological polar surface area (TPSA) is 78.4 Å². The average molecular weight is 242 g/mol. The van der Waals surface area contributed by atoms with Gasteiger partial charge in [-0.25, -0.2) is 0 Å². The van der Waals surface area contributed by atoms with Crippen LogP contribution in [-0.2, 0) is 9.59 Å². The van der Waals surface area contributed by atoms with Gasteiger partial charge >= 0.3 is 0 Å². The van der Waals surface area contributed by atoms with Crippen molar-refractivity contribution in [1.29, 1.82) is 0 Å². The Labute approximate surface area is 102 Å². The van der Waals surface area contributed by atoms with Gasteiger partial charge in [0.1, 0.15) is 0 Å². The minimum atomic E-state index is -0.218. The Morgan fingerprint density at radius 3 is 2.71 bits per heavy atom. The fraction of sp³-hybridized carbons (Fsp3) is 0.833. The second-order valence-electron chi connectivity index (χ2n) is 4.95. The summed E-state index contributed by atoms with van der Waals surface area (Å²) in [5.74, 6) is -0.310. The molecule has 1 aliphatic rings. The van der Waals surface area contributed by atoms with Crippen LogP contribution in [0, 0.1) is 5.41 Å². The third-order valence-electron chi connectivity index (χ3n) is 3.55. The molecule has 2 unspecified atom stereocenters. The number of hydrogen-bond acceptors (Lipinski definition) is 3. The van der Waals surface area contributed by atoms with Gasteiger partial charge in [-0.3, -0.25) is 9.59 Å². The molecule has 5 heteroatoms. The highest BCUT2D eigenvalue weighted by Crippen LogP contribution is 2.37. The summed E-state index contributed by atoms with van der Waals surface area (Å²) in [6, 6.07) is 0.0125. The first-order chi connectivity index (χ1) is 8.01. The predicted molar refractivity (Wildman–Crippen MR) is 64.3 cm³/mol. The molecular formula is C12H22N2O3. The molecular weight excluding hydrogens is 220 g/mol. The SMILES string of the molecule is CCC(=O)NCC(=O)NC1CCCC1(C)CO. The van der Waals surface area contributed by atoms with Crippen LogP contribution >= 0.6 is 0 Å². The molecule has 0 bridgehead atoms. The van der Waals surface area contributed by atoms with Gasteiger partial charge in [-0.15, -0.1) is 0 Å². The van der Waals surface area contributed by atoms with Gasteiger partial charge in [-0.1, -0.05) is 20.3 Å². The molecule has 0 radical (unpaired) electrons. The van der Waals surface area contributed by atoms with E-state index >= 15 is 0 Å². The van der Waals surface area contributed by atoms with E-state index in [0.29, 0.717) is 6.42 Å². The van der Waals surface area contributed by atoms with Crippen molar-refractivity contribution in [3.63, 3.8) is 0 Å². The second kappa shape index (κ2) is 6.00. The normalized spacial score (nSPS) is 27.8. The van der Waals surface area contributed by atoms with Gasteiger partial charge in [-0.05, 0) is 12.8 Å². The highest BCUT2D eigenvalue weighted by molar-refractivity contribution is 5.84. The maximum atomic E-state index is 11.6. The highest BCUT2D eigenvalue weighted by atomic mass is 16.3. The first-order valence-electron chi connectivity index (χ1n) is 6.18. The standard InChI is InChI=1S/C12H22N2O3/c1-3-10(16)13-7-11(17)14-9-5-4-6-12(9,2)8-15/h9,15H,3-8H2,1-2H3,(H,13,16)(H,14,17). The third-order valence-corrected chi connectivity index (χ3v) is 3.55. The van der Waals surface area contributed by atoms with Crippen LogP contribution in [0.15, 0.2) is 0 Å². The zero-order valence-corrected chi connectivity index (χ0v) is 10.6. The van der Waals surface area contributed by atoms with E-state index < -0.39 is 0 Å². The Morgan fingerprint density at radius 2 is 2.12 bits per heavy atom. The van der Waals surface area contributed by atoms with Gasteiger partial charge in [0.15, 0.2) is 0 Å². The number of aliphatic hydroxyl groups excluding tert-OH is 1. The highest BCUT2D eigenvalue weighted by Gasteiger charge is 2.38. The van der Waals surface area contributed by atoms with Crippen LogP contribution in [0.5, 0.6) is 0 Å². The quantitative estimate of drug-likeness (QED) is 0.643. The van der Waals surface area contributed by atoms with Crippen molar-refractivity contribution in [3.8, 4) is 0 Å². The molecule has 1 fully saturated rings. The largest absolute Gasteiger partial charge is 0.396 e. The molecule has 0 aromatic carbocycles. The zero-order valence-electron chi connectivity index (χ0n) is 10.6. The van der Waals surface area contributed by atoms with Gasteiger partial charge in [0.2, 0.25) is 11.8 Å². The number of amides is 2. The van der Waals surface area contributed by atoms with Crippen LogP contribution in [-0.4, -0.2) is 36.1 Å². The monoisotopic (exact) mass is 242 g/mol. The Balaban J connectivity index is 2.38. The summed E-state index contributed by atoms with van der Waals surface area (Å²) >= 11 is 0. The third kappa shape index (κ3) is 3.70. The van der Waals surface area contributed by atoms with Crippen molar-refractivity contribution in [2.75, 3.05) is 13.2 Å². The molecule has 0 saturated heterocycles. The fourth-order valence-electron chi connectivity index (χ4n) is 2.22. The smallest absolute Gasteiger partial charge is 0.239 e. The molecule has 0 spiro atoms. The number of rotatable bonds is 5.